The van der Waals surface area contributed by atoms with Gasteiger partial charge in [-0.3, -0.25) is 0 Å². The predicted molar refractivity (Wildman–Crippen MR) is 60.6 cm³/mol. The van der Waals surface area contributed by atoms with Gasteiger partial charge in [0.2, 0.25) is 5.14 Å². The van der Waals surface area contributed by atoms with Crippen molar-refractivity contribution in [2.24, 2.45) is 0 Å². The molecule has 98 valence electrons. The molecule has 0 rings (SSSR count). The minimum Gasteiger partial charge on any atom is -0.0967 e. The van der Waals surface area contributed by atoms with Crippen LogP contribution in [0.15, 0.2) is 0 Å². The Morgan fingerprint density at radius 2 is 1.19 bits per heavy atom. The minimum atomic E-state index is -0.648. The summed E-state index contributed by atoms with van der Waals surface area (Å²) < 4.78 is 0. The van der Waals surface area contributed by atoms with E-state index in [1.54, 1.807) is 0 Å². The van der Waals surface area contributed by atoms with Crippen molar-refractivity contribution >= 4 is 0 Å². The first-order chi connectivity index (χ1) is 7.45. The van der Waals surface area contributed by atoms with Crippen LogP contribution in [0.5, 0.6) is 0 Å². The topological polar surface area (TPSA) is 36.9 Å². The van der Waals surface area contributed by atoms with Crippen LogP contribution in [0.4, 0.5) is 0 Å². The summed E-state index contributed by atoms with van der Waals surface area (Å²) in [6, 6.07) is 0. The summed E-state index contributed by atoms with van der Waals surface area (Å²) in [6.45, 7) is 12.9. The van der Waals surface area contributed by atoms with Gasteiger partial charge in [-0.05, 0) is 41.0 Å². The van der Waals surface area contributed by atoms with Crippen LogP contribution < -0.4 is 0 Å². The van der Waals surface area contributed by atoms with Crippen molar-refractivity contribution in [1.82, 2.24) is 0 Å². The zero-order valence-electron chi connectivity index (χ0n) is 11.4. The van der Waals surface area contributed by atoms with Crippen LogP contribution in [0.1, 0.15) is 48.0 Å². The molecule has 0 bridgehead atoms. The molecule has 0 aliphatic rings. The van der Waals surface area contributed by atoms with E-state index in [0.29, 0.717) is 19.8 Å². The zero-order valence-corrected chi connectivity index (χ0v) is 11.4. The molecular formula is C11H26NO4+. The minimum absolute atomic E-state index is 0.375. The van der Waals surface area contributed by atoms with Gasteiger partial charge in [-0.1, -0.05) is 26.3 Å². The molecule has 0 amide bonds. The Labute approximate surface area is 98.6 Å². The first-order valence-corrected chi connectivity index (χ1v) is 5.98. The average molecular weight is 236 g/mol. The Hall–Kier alpha value is -0.200. The summed E-state index contributed by atoms with van der Waals surface area (Å²) in [5.41, 5.74) is -0.375. The summed E-state index contributed by atoms with van der Waals surface area (Å²) >= 11 is 0. The second-order valence-electron chi connectivity index (χ2n) is 3.91. The third-order valence-electron chi connectivity index (χ3n) is 2.07. The molecule has 5 nitrogen and oxygen atoms in total. The Kier molecular flexibility index (Phi) is 7.10. The van der Waals surface area contributed by atoms with Crippen LogP contribution >= 0.6 is 0 Å². The third kappa shape index (κ3) is 5.23. The monoisotopic (exact) mass is 236 g/mol. The van der Waals surface area contributed by atoms with E-state index in [2.05, 4.69) is 0 Å². The third-order valence-corrected chi connectivity index (χ3v) is 2.07. The van der Waals surface area contributed by atoms with Crippen LogP contribution in [0.25, 0.3) is 0 Å². The zero-order chi connectivity index (χ0) is 12.7. The Bertz CT molecular complexity index is 168. The van der Waals surface area contributed by atoms with Gasteiger partial charge >= 0.3 is 0 Å². The number of nitrogens with zero attached hydrogens (tertiary/aromatic N) is 1. The first-order valence-electron chi connectivity index (χ1n) is 5.98. The highest BCUT2D eigenvalue weighted by Crippen LogP contribution is 2.24. The maximum atomic E-state index is 5.77. The molecule has 0 heterocycles. The molecule has 0 aromatic rings. The van der Waals surface area contributed by atoms with Gasteiger partial charge in [-0.2, -0.15) is 0 Å². The van der Waals surface area contributed by atoms with Crippen LogP contribution in [0.2, 0.25) is 0 Å². The second kappa shape index (κ2) is 7.19. The van der Waals surface area contributed by atoms with E-state index in [1.165, 1.54) is 0 Å². The van der Waals surface area contributed by atoms with Crippen LogP contribution in [0, 0.1) is 0 Å². The molecule has 0 aliphatic carbocycles. The summed E-state index contributed by atoms with van der Waals surface area (Å²) in [5.74, 6) is 0. The van der Waals surface area contributed by atoms with Crippen LogP contribution in [0.3, 0.4) is 0 Å². The summed E-state index contributed by atoms with van der Waals surface area (Å²) in [5, 5.41) is -0.648. The number of hydrogen-bond acceptors (Lipinski definition) is 4. The fourth-order valence-corrected chi connectivity index (χ4v) is 1.03. The number of hydrogen-bond donors (Lipinski definition) is 0. The van der Waals surface area contributed by atoms with Crippen molar-refractivity contribution in [2.75, 3.05) is 19.8 Å². The van der Waals surface area contributed by atoms with Crippen molar-refractivity contribution in [2.45, 2.75) is 53.6 Å². The highest BCUT2D eigenvalue weighted by atomic mass is 17.4. The molecule has 0 saturated carbocycles. The van der Waals surface area contributed by atoms with Gasteiger partial charge in [0.05, 0.1) is 0 Å². The Balaban J connectivity index is 4.71. The lowest BCUT2D eigenvalue weighted by atomic mass is 10.1. The van der Waals surface area contributed by atoms with Gasteiger partial charge in [-0.25, -0.2) is 0 Å². The lowest BCUT2D eigenvalue weighted by molar-refractivity contribution is -1.48. The highest BCUT2D eigenvalue weighted by molar-refractivity contribution is 4.61. The molecule has 0 fully saturated rings. The van der Waals surface area contributed by atoms with Crippen molar-refractivity contribution in [3.8, 4) is 0 Å². The van der Waals surface area contributed by atoms with E-state index >= 15 is 0 Å². The largest absolute Gasteiger partial charge is 0.247 e. The van der Waals surface area contributed by atoms with Crippen LogP contribution in [-0.2, 0) is 19.4 Å². The van der Waals surface area contributed by atoms with Crippen molar-refractivity contribution < 1.29 is 24.5 Å². The van der Waals surface area contributed by atoms with E-state index in [1.807, 2.05) is 41.5 Å². The van der Waals surface area contributed by atoms with Crippen LogP contribution in [-0.4, -0.2) is 30.6 Å². The first kappa shape index (κ1) is 15.8. The average Bonchev–Trinajstić information content (AvgIpc) is 2.18. The second-order valence-corrected chi connectivity index (χ2v) is 3.91. The molecule has 0 aromatic carbocycles. The quantitative estimate of drug-likeness (QED) is 0.455. The molecule has 16 heavy (non-hydrogen) atoms. The molecule has 0 saturated heterocycles. The molecule has 0 radical (unpaired) electrons. The normalized spacial score (nSPS) is 13.1. The molecule has 0 spiro atoms. The van der Waals surface area contributed by atoms with Crippen molar-refractivity contribution in [3.05, 3.63) is 0 Å². The van der Waals surface area contributed by atoms with E-state index in [0.717, 1.165) is 6.42 Å². The van der Waals surface area contributed by atoms with E-state index < -0.39 is 5.14 Å². The number of quaternary nitrogens is 1. The van der Waals surface area contributed by atoms with Gasteiger partial charge in [0.25, 0.3) is 0 Å². The van der Waals surface area contributed by atoms with Gasteiger partial charge in [0, 0.05) is 0 Å². The SMILES string of the molecule is CCO[N+](OCC)(OCC)OC(C)(C)CC. The Morgan fingerprint density at radius 1 is 0.812 bits per heavy atom. The molecule has 0 unspecified atom stereocenters. The molecule has 5 heteroatoms. The van der Waals surface area contributed by atoms with Gasteiger partial charge in [-0.15, -0.1) is 0 Å². The standard InChI is InChI=1S/C11H26NO4/c1-7-11(5,6)16-12(13-8-2,14-9-3)15-10-4/h7-10H2,1-6H3/q+1. The maximum absolute atomic E-state index is 5.77. The maximum Gasteiger partial charge on any atom is 0.247 e. The predicted octanol–water partition coefficient (Wildman–Crippen LogP) is 2.78. The molecule has 0 N–H and O–H groups in total. The van der Waals surface area contributed by atoms with Crippen molar-refractivity contribution in [3.63, 3.8) is 0 Å². The van der Waals surface area contributed by atoms with E-state index in [9.17, 15) is 0 Å². The lowest BCUT2D eigenvalue weighted by Gasteiger charge is -2.31. The Morgan fingerprint density at radius 3 is 1.44 bits per heavy atom. The summed E-state index contributed by atoms with van der Waals surface area (Å²) in [4.78, 5) is 22.0. The lowest BCUT2D eigenvalue weighted by Crippen LogP contribution is -2.52. The fraction of sp³-hybridized carbons (Fsp3) is 1.00. The van der Waals surface area contributed by atoms with Gasteiger partial charge in [0.15, 0.2) is 0 Å². The highest BCUT2D eigenvalue weighted by Gasteiger charge is 2.43. The van der Waals surface area contributed by atoms with Gasteiger partial charge in [0.1, 0.15) is 25.4 Å². The van der Waals surface area contributed by atoms with Crippen molar-refractivity contribution in [1.29, 1.82) is 0 Å². The molecule has 0 aromatic heterocycles. The van der Waals surface area contributed by atoms with Gasteiger partial charge < -0.3 is 0 Å². The fourth-order valence-electron chi connectivity index (χ4n) is 1.03. The molecule has 0 atom stereocenters. The molecule has 0 aliphatic heterocycles. The van der Waals surface area contributed by atoms with E-state index in [-0.39, 0.29) is 5.60 Å². The number of rotatable bonds is 9. The smallest absolute Gasteiger partial charge is 0.0967 e. The summed E-state index contributed by atoms with van der Waals surface area (Å²) in [7, 11) is 0. The molecular weight excluding hydrogens is 210 g/mol. The summed E-state index contributed by atoms with van der Waals surface area (Å²) in [6.07, 6.45) is 0.834. The van der Waals surface area contributed by atoms with E-state index in [4.69, 9.17) is 19.4 Å².